The zero-order valence-corrected chi connectivity index (χ0v) is 9.86. The maximum absolute atomic E-state index is 9.15. The number of aliphatic hydroxyl groups is 2. The number of ether oxygens (including phenoxy) is 1. The van der Waals surface area contributed by atoms with Crippen LogP contribution in [0.25, 0.3) is 0 Å². The van der Waals surface area contributed by atoms with Crippen molar-refractivity contribution >= 4 is 0 Å². The zero-order valence-electron chi connectivity index (χ0n) is 9.86. The Kier molecular flexibility index (Phi) is 5.29. The lowest BCUT2D eigenvalue weighted by Gasteiger charge is -2.10. The quantitative estimate of drug-likeness (QED) is 0.723. The van der Waals surface area contributed by atoms with Crippen molar-refractivity contribution in [3.8, 4) is 5.75 Å². The smallest absolute Gasteiger partial charge is 0.132 e. The van der Waals surface area contributed by atoms with E-state index < -0.39 is 0 Å². The SMILES string of the molecule is Cc1c[c]c(OCCCC(C)O)c(CO)c1. The van der Waals surface area contributed by atoms with Crippen LogP contribution in [0, 0.1) is 13.0 Å². The molecule has 0 aliphatic heterocycles. The van der Waals surface area contributed by atoms with Crippen molar-refractivity contribution in [1.29, 1.82) is 0 Å². The van der Waals surface area contributed by atoms with Crippen LogP contribution < -0.4 is 4.74 Å². The van der Waals surface area contributed by atoms with E-state index in [0.29, 0.717) is 12.4 Å². The molecule has 0 aromatic heterocycles. The second-order valence-corrected chi connectivity index (χ2v) is 4.03. The standard InChI is InChI=1S/C13H19O3/c1-10-5-6-13(12(8-10)9-14)16-7-3-4-11(2)15/h5,8,11,14-15H,3-4,7,9H2,1-2H3. The summed E-state index contributed by atoms with van der Waals surface area (Å²) in [6.45, 7) is 4.21. The van der Waals surface area contributed by atoms with Gasteiger partial charge in [-0.1, -0.05) is 6.07 Å². The summed E-state index contributed by atoms with van der Waals surface area (Å²) in [6.07, 6.45) is 1.23. The third kappa shape index (κ3) is 4.21. The molecule has 0 amide bonds. The maximum Gasteiger partial charge on any atom is 0.132 e. The largest absolute Gasteiger partial charge is 0.493 e. The molecule has 0 aliphatic rings. The van der Waals surface area contributed by atoms with E-state index in [1.807, 2.05) is 19.1 Å². The summed E-state index contributed by atoms with van der Waals surface area (Å²) < 4.78 is 5.51. The van der Waals surface area contributed by atoms with Crippen molar-refractivity contribution < 1.29 is 14.9 Å². The average Bonchev–Trinajstić information content (AvgIpc) is 2.25. The van der Waals surface area contributed by atoms with Crippen LogP contribution in [-0.2, 0) is 6.61 Å². The van der Waals surface area contributed by atoms with Crippen LogP contribution in [0.4, 0.5) is 0 Å². The first kappa shape index (κ1) is 13.0. The molecule has 0 spiro atoms. The molecule has 2 N–H and O–H groups in total. The van der Waals surface area contributed by atoms with E-state index in [2.05, 4.69) is 6.07 Å². The minimum absolute atomic E-state index is 0.0378. The number of aliphatic hydroxyl groups excluding tert-OH is 2. The first-order valence-electron chi connectivity index (χ1n) is 5.56. The van der Waals surface area contributed by atoms with E-state index >= 15 is 0 Å². The van der Waals surface area contributed by atoms with Gasteiger partial charge in [-0.25, -0.2) is 0 Å². The van der Waals surface area contributed by atoms with E-state index in [-0.39, 0.29) is 12.7 Å². The third-order valence-corrected chi connectivity index (χ3v) is 2.31. The summed E-state index contributed by atoms with van der Waals surface area (Å²) in [5.41, 5.74) is 1.82. The summed E-state index contributed by atoms with van der Waals surface area (Å²) >= 11 is 0. The van der Waals surface area contributed by atoms with Crippen molar-refractivity contribution in [2.24, 2.45) is 0 Å². The van der Waals surface area contributed by atoms with Crippen LogP contribution >= 0.6 is 0 Å². The Balaban J connectivity index is 2.47. The van der Waals surface area contributed by atoms with Crippen LogP contribution in [0.3, 0.4) is 0 Å². The van der Waals surface area contributed by atoms with Crippen molar-refractivity contribution in [1.82, 2.24) is 0 Å². The molecule has 1 radical (unpaired) electrons. The van der Waals surface area contributed by atoms with Crippen molar-refractivity contribution in [2.45, 2.75) is 39.4 Å². The van der Waals surface area contributed by atoms with Gasteiger partial charge in [0.05, 0.1) is 19.3 Å². The minimum atomic E-state index is -0.289. The summed E-state index contributed by atoms with van der Waals surface area (Å²) in [5.74, 6) is 0.610. The van der Waals surface area contributed by atoms with Gasteiger partial charge in [-0.3, -0.25) is 0 Å². The molecular formula is C13H19O3. The molecule has 1 rings (SSSR count). The Morgan fingerprint density at radius 2 is 2.25 bits per heavy atom. The molecule has 1 atom stereocenters. The molecule has 0 aliphatic carbocycles. The molecule has 1 aromatic rings. The topological polar surface area (TPSA) is 49.7 Å². The highest BCUT2D eigenvalue weighted by Crippen LogP contribution is 2.19. The molecule has 0 fully saturated rings. The summed E-state index contributed by atoms with van der Waals surface area (Å²) in [5, 5.41) is 18.2. The predicted molar refractivity (Wildman–Crippen MR) is 62.3 cm³/mol. The van der Waals surface area contributed by atoms with Crippen LogP contribution in [0.15, 0.2) is 12.1 Å². The maximum atomic E-state index is 9.15. The molecule has 1 aromatic carbocycles. The van der Waals surface area contributed by atoms with Gasteiger partial charge in [0.15, 0.2) is 0 Å². The zero-order chi connectivity index (χ0) is 12.0. The highest BCUT2D eigenvalue weighted by atomic mass is 16.5. The molecule has 89 valence electrons. The Bertz CT molecular complexity index is 321. The van der Waals surface area contributed by atoms with E-state index in [1.165, 1.54) is 0 Å². The monoisotopic (exact) mass is 223 g/mol. The van der Waals surface area contributed by atoms with Gasteiger partial charge < -0.3 is 14.9 Å². The van der Waals surface area contributed by atoms with Gasteiger partial charge in [0.2, 0.25) is 0 Å². The highest BCUT2D eigenvalue weighted by Gasteiger charge is 2.03. The number of hydrogen-bond donors (Lipinski definition) is 2. The van der Waals surface area contributed by atoms with Crippen molar-refractivity contribution in [3.05, 3.63) is 29.3 Å². The first-order chi connectivity index (χ1) is 7.63. The van der Waals surface area contributed by atoms with E-state index in [4.69, 9.17) is 14.9 Å². The van der Waals surface area contributed by atoms with Gasteiger partial charge in [0.1, 0.15) is 5.75 Å². The Morgan fingerprint density at radius 1 is 1.50 bits per heavy atom. The van der Waals surface area contributed by atoms with E-state index in [9.17, 15) is 0 Å². The van der Waals surface area contributed by atoms with E-state index in [0.717, 1.165) is 24.0 Å². The van der Waals surface area contributed by atoms with Gasteiger partial charge in [-0.15, -0.1) is 0 Å². The number of rotatable bonds is 6. The lowest BCUT2D eigenvalue weighted by molar-refractivity contribution is 0.169. The predicted octanol–water partition coefficient (Wildman–Crippen LogP) is 1.83. The Hall–Kier alpha value is -1.06. The van der Waals surface area contributed by atoms with Crippen LogP contribution in [0.5, 0.6) is 5.75 Å². The van der Waals surface area contributed by atoms with E-state index in [1.54, 1.807) is 6.92 Å². The molecule has 16 heavy (non-hydrogen) atoms. The average molecular weight is 223 g/mol. The molecule has 1 unspecified atom stereocenters. The second kappa shape index (κ2) is 6.51. The van der Waals surface area contributed by atoms with Gasteiger partial charge in [0, 0.05) is 11.6 Å². The first-order valence-corrected chi connectivity index (χ1v) is 5.56. The fourth-order valence-electron chi connectivity index (χ4n) is 1.46. The molecule has 0 heterocycles. The van der Waals surface area contributed by atoms with Crippen molar-refractivity contribution in [3.63, 3.8) is 0 Å². The minimum Gasteiger partial charge on any atom is -0.493 e. The lowest BCUT2D eigenvalue weighted by Crippen LogP contribution is -2.05. The fraction of sp³-hybridized carbons (Fsp3) is 0.538. The summed E-state index contributed by atoms with van der Waals surface area (Å²) in [6, 6.07) is 6.73. The Morgan fingerprint density at radius 3 is 2.88 bits per heavy atom. The summed E-state index contributed by atoms with van der Waals surface area (Å²) in [7, 11) is 0. The van der Waals surface area contributed by atoms with Crippen LogP contribution in [0.1, 0.15) is 30.9 Å². The number of benzene rings is 1. The molecular weight excluding hydrogens is 204 g/mol. The molecule has 3 heteroatoms. The number of hydrogen-bond acceptors (Lipinski definition) is 3. The normalized spacial score (nSPS) is 12.5. The van der Waals surface area contributed by atoms with Gasteiger partial charge in [-0.05, 0) is 38.3 Å². The number of aryl methyl sites for hydroxylation is 1. The summed E-state index contributed by atoms with van der Waals surface area (Å²) in [4.78, 5) is 0. The lowest BCUT2D eigenvalue weighted by atomic mass is 10.1. The Labute approximate surface area is 96.7 Å². The molecule has 0 saturated heterocycles. The molecule has 3 nitrogen and oxygen atoms in total. The van der Waals surface area contributed by atoms with Crippen LogP contribution in [-0.4, -0.2) is 22.9 Å². The fourth-order valence-corrected chi connectivity index (χ4v) is 1.46. The van der Waals surface area contributed by atoms with Gasteiger partial charge in [0.25, 0.3) is 0 Å². The van der Waals surface area contributed by atoms with Gasteiger partial charge in [-0.2, -0.15) is 0 Å². The van der Waals surface area contributed by atoms with Gasteiger partial charge >= 0.3 is 0 Å². The highest BCUT2D eigenvalue weighted by molar-refractivity contribution is 5.35. The second-order valence-electron chi connectivity index (χ2n) is 4.03. The third-order valence-electron chi connectivity index (χ3n) is 2.31. The molecule has 0 saturated carbocycles. The molecule has 0 bridgehead atoms. The van der Waals surface area contributed by atoms with Crippen molar-refractivity contribution in [2.75, 3.05) is 6.61 Å². The van der Waals surface area contributed by atoms with Crippen LogP contribution in [0.2, 0.25) is 0 Å².